The Morgan fingerprint density at radius 3 is 2.69 bits per heavy atom. The first-order valence-electron chi connectivity index (χ1n) is 11.0. The number of hydrogen-bond donors (Lipinski definition) is 1. The summed E-state index contributed by atoms with van der Waals surface area (Å²) in [7, 11) is 0. The van der Waals surface area contributed by atoms with Gasteiger partial charge in [0.2, 0.25) is 0 Å². The molecule has 6 nitrogen and oxygen atoms in total. The number of nitrogens with one attached hydrogen (secondary N) is 1. The normalized spacial score (nSPS) is 21.0. The van der Waals surface area contributed by atoms with Crippen LogP contribution in [0.4, 0.5) is 11.4 Å². The molecule has 2 amide bonds. The largest absolute Gasteiger partial charge is 0.371 e. The van der Waals surface area contributed by atoms with Crippen molar-refractivity contribution in [2.75, 3.05) is 29.9 Å². The highest BCUT2D eigenvalue weighted by molar-refractivity contribution is 8.05. The third kappa shape index (κ3) is 4.36. The fourth-order valence-electron chi connectivity index (χ4n) is 4.68. The molecule has 1 atom stereocenters. The van der Waals surface area contributed by atoms with Crippen LogP contribution in [0.1, 0.15) is 35.2 Å². The average Bonchev–Trinajstić information content (AvgIpc) is 3.39. The number of rotatable bonds is 5. The zero-order valence-corrected chi connectivity index (χ0v) is 19.2. The van der Waals surface area contributed by atoms with Crippen molar-refractivity contribution in [2.45, 2.75) is 30.5 Å². The van der Waals surface area contributed by atoms with Gasteiger partial charge in [-0.25, -0.2) is 0 Å². The number of nitrogens with zero attached hydrogens (tertiary/aromatic N) is 3. The summed E-state index contributed by atoms with van der Waals surface area (Å²) in [5.41, 5.74) is 3.40. The lowest BCUT2D eigenvalue weighted by atomic mass is 9.96. The van der Waals surface area contributed by atoms with E-state index in [1.165, 1.54) is 17.4 Å². The maximum absolute atomic E-state index is 13.2. The minimum atomic E-state index is -0.193. The molecule has 0 spiro atoms. The smallest absolute Gasteiger partial charge is 0.261 e. The van der Waals surface area contributed by atoms with Crippen molar-refractivity contribution in [2.24, 2.45) is 5.92 Å². The van der Waals surface area contributed by atoms with Gasteiger partial charge >= 0.3 is 0 Å². The molecule has 4 heterocycles. The summed E-state index contributed by atoms with van der Waals surface area (Å²) >= 11 is 7.45. The predicted molar refractivity (Wildman–Crippen MR) is 129 cm³/mol. The van der Waals surface area contributed by atoms with Gasteiger partial charge in [0.25, 0.3) is 11.8 Å². The summed E-state index contributed by atoms with van der Waals surface area (Å²) < 4.78 is -0.0978. The second-order valence-corrected chi connectivity index (χ2v) is 10.5. The average molecular weight is 469 g/mol. The highest BCUT2D eigenvalue weighted by atomic mass is 35.5. The number of fused-ring (bicyclic) bond motifs is 1. The number of amides is 2. The second-order valence-electron chi connectivity index (χ2n) is 8.45. The molecule has 166 valence electrons. The van der Waals surface area contributed by atoms with Crippen LogP contribution in [-0.2, 0) is 11.3 Å². The number of carbonyl (C=O) groups is 2. The third-order valence-corrected chi connectivity index (χ3v) is 7.85. The molecule has 32 heavy (non-hydrogen) atoms. The summed E-state index contributed by atoms with van der Waals surface area (Å²) in [4.78, 5) is 34.9. The van der Waals surface area contributed by atoms with Crippen molar-refractivity contribution in [1.82, 2.24) is 9.88 Å². The fourth-order valence-corrected chi connectivity index (χ4v) is 5.87. The standard InChI is InChI=1S/C24H25ClN4O2S/c25-21-5-4-20(32-21)23(30)27-19-3-1-2-17-15-29(24(31)22(17)19)14-16-8-12-28(13-9-16)18-6-10-26-11-7-18/h1-4,6-7,10-11,16,21H,5,8-9,12-15H2,(H,27,30). The third-order valence-electron chi connectivity index (χ3n) is 6.35. The number of aromatic nitrogens is 1. The van der Waals surface area contributed by atoms with E-state index in [2.05, 4.69) is 15.2 Å². The number of hydrogen-bond acceptors (Lipinski definition) is 5. The van der Waals surface area contributed by atoms with Gasteiger partial charge < -0.3 is 15.1 Å². The zero-order valence-electron chi connectivity index (χ0n) is 17.7. The molecule has 0 aliphatic carbocycles. The predicted octanol–water partition coefficient (Wildman–Crippen LogP) is 4.48. The van der Waals surface area contributed by atoms with Gasteiger partial charge in [-0.2, -0.15) is 0 Å². The van der Waals surface area contributed by atoms with Crippen molar-refractivity contribution in [3.63, 3.8) is 0 Å². The van der Waals surface area contributed by atoms with Crippen LogP contribution in [0.15, 0.2) is 53.7 Å². The van der Waals surface area contributed by atoms with Crippen molar-refractivity contribution in [3.8, 4) is 0 Å². The molecule has 1 saturated heterocycles. The number of carbonyl (C=O) groups excluding carboxylic acids is 2. The Bertz CT molecular complexity index is 1050. The Labute approximate surface area is 197 Å². The summed E-state index contributed by atoms with van der Waals surface area (Å²) in [6, 6.07) is 9.78. The quantitative estimate of drug-likeness (QED) is 0.655. The SMILES string of the molecule is O=C(Nc1cccc2c1C(=O)N(CC1CCN(c3ccncc3)CC1)C2)C1=CCC(Cl)S1. The van der Waals surface area contributed by atoms with Gasteiger partial charge in [0.05, 0.1) is 20.9 Å². The highest BCUT2D eigenvalue weighted by Crippen LogP contribution is 2.36. The van der Waals surface area contributed by atoms with E-state index in [1.54, 1.807) is 0 Å². The molecule has 5 rings (SSSR count). The van der Waals surface area contributed by atoms with Crippen molar-refractivity contribution in [1.29, 1.82) is 0 Å². The highest BCUT2D eigenvalue weighted by Gasteiger charge is 2.33. The molecule has 1 N–H and O–H groups in total. The van der Waals surface area contributed by atoms with Crippen molar-refractivity contribution >= 4 is 46.6 Å². The molecule has 0 radical (unpaired) electrons. The molecule has 1 aromatic heterocycles. The lowest BCUT2D eigenvalue weighted by molar-refractivity contribution is -0.112. The maximum Gasteiger partial charge on any atom is 0.261 e. The van der Waals surface area contributed by atoms with Crippen LogP contribution in [0, 0.1) is 5.92 Å². The zero-order chi connectivity index (χ0) is 22.1. The van der Waals surface area contributed by atoms with E-state index in [-0.39, 0.29) is 16.5 Å². The summed E-state index contributed by atoms with van der Waals surface area (Å²) in [5, 5.41) is 2.94. The van der Waals surface area contributed by atoms with E-state index in [9.17, 15) is 9.59 Å². The second kappa shape index (κ2) is 9.16. The molecule has 3 aliphatic heterocycles. The van der Waals surface area contributed by atoms with Gasteiger partial charge in [-0.3, -0.25) is 14.6 Å². The first-order valence-corrected chi connectivity index (χ1v) is 12.3. The number of halogens is 1. The van der Waals surface area contributed by atoms with Crippen molar-refractivity contribution in [3.05, 3.63) is 64.8 Å². The van der Waals surface area contributed by atoms with E-state index in [0.717, 1.165) is 38.0 Å². The Balaban J connectivity index is 1.21. The van der Waals surface area contributed by atoms with E-state index in [0.29, 0.717) is 35.0 Å². The van der Waals surface area contributed by atoms with Crippen LogP contribution in [0.25, 0.3) is 0 Å². The molecule has 0 saturated carbocycles. The molecule has 1 unspecified atom stereocenters. The Morgan fingerprint density at radius 1 is 1.19 bits per heavy atom. The van der Waals surface area contributed by atoms with Crippen LogP contribution >= 0.6 is 23.4 Å². The molecular formula is C24H25ClN4O2S. The fraction of sp³-hybridized carbons (Fsp3) is 0.375. The summed E-state index contributed by atoms with van der Waals surface area (Å²) in [6.07, 6.45) is 8.29. The van der Waals surface area contributed by atoms with E-state index < -0.39 is 0 Å². The monoisotopic (exact) mass is 468 g/mol. The van der Waals surface area contributed by atoms with Crippen LogP contribution in [-0.4, -0.2) is 46.0 Å². The Kier molecular flexibility index (Phi) is 6.11. The molecular weight excluding hydrogens is 444 g/mol. The summed E-state index contributed by atoms with van der Waals surface area (Å²) in [5.74, 6) is 0.294. The van der Waals surface area contributed by atoms with Crippen LogP contribution in [0.3, 0.4) is 0 Å². The van der Waals surface area contributed by atoms with Crippen LogP contribution in [0.2, 0.25) is 0 Å². The van der Waals surface area contributed by atoms with Gasteiger partial charge in [0, 0.05) is 44.3 Å². The number of piperidine rings is 1. The van der Waals surface area contributed by atoms with E-state index >= 15 is 0 Å². The molecule has 0 bridgehead atoms. The van der Waals surface area contributed by atoms with Crippen LogP contribution in [0.5, 0.6) is 0 Å². The number of anilines is 2. The van der Waals surface area contributed by atoms with Gasteiger partial charge in [0.1, 0.15) is 0 Å². The molecule has 2 aromatic rings. The molecule has 8 heteroatoms. The number of pyridine rings is 1. The first-order chi connectivity index (χ1) is 15.6. The topological polar surface area (TPSA) is 65.5 Å². The first kappa shape index (κ1) is 21.3. The van der Waals surface area contributed by atoms with E-state index in [4.69, 9.17) is 11.6 Å². The minimum Gasteiger partial charge on any atom is -0.371 e. The Morgan fingerprint density at radius 2 is 1.97 bits per heavy atom. The Hall–Kier alpha value is -2.51. The van der Waals surface area contributed by atoms with Gasteiger partial charge in [-0.1, -0.05) is 18.2 Å². The molecule has 1 aromatic carbocycles. The maximum atomic E-state index is 13.2. The van der Waals surface area contributed by atoms with Gasteiger partial charge in [-0.05, 0) is 48.9 Å². The number of allylic oxidation sites excluding steroid dienone is 1. The van der Waals surface area contributed by atoms with Gasteiger partial charge in [0.15, 0.2) is 0 Å². The van der Waals surface area contributed by atoms with Crippen molar-refractivity contribution < 1.29 is 9.59 Å². The van der Waals surface area contributed by atoms with E-state index in [1.807, 2.05) is 53.7 Å². The lowest BCUT2D eigenvalue weighted by Gasteiger charge is -2.35. The van der Waals surface area contributed by atoms with Crippen LogP contribution < -0.4 is 10.2 Å². The number of alkyl halides is 1. The number of thioether (sulfide) groups is 1. The minimum absolute atomic E-state index is 0.00994. The summed E-state index contributed by atoms with van der Waals surface area (Å²) in [6.45, 7) is 3.32. The lowest BCUT2D eigenvalue weighted by Crippen LogP contribution is -2.39. The molecule has 1 fully saturated rings. The molecule has 3 aliphatic rings. The number of benzene rings is 1. The van der Waals surface area contributed by atoms with Gasteiger partial charge in [-0.15, -0.1) is 23.4 Å².